The van der Waals surface area contributed by atoms with Gasteiger partial charge in [-0.3, -0.25) is 14.5 Å². The quantitative estimate of drug-likeness (QED) is 0.844. The van der Waals surface area contributed by atoms with E-state index in [0.29, 0.717) is 12.2 Å². The van der Waals surface area contributed by atoms with Crippen molar-refractivity contribution < 1.29 is 4.79 Å². The van der Waals surface area contributed by atoms with E-state index in [2.05, 4.69) is 15.4 Å². The van der Waals surface area contributed by atoms with Crippen LogP contribution in [0, 0.1) is 0 Å². The van der Waals surface area contributed by atoms with Crippen LogP contribution in [-0.2, 0) is 13.5 Å². The molecule has 2 aromatic heterocycles. The maximum absolute atomic E-state index is 11.7. The molecule has 5 nitrogen and oxygen atoms in total. The molecule has 0 saturated heterocycles. The Kier molecular flexibility index (Phi) is 3.49. The Morgan fingerprint density at radius 3 is 2.88 bits per heavy atom. The number of aryl methyl sites for hydroxylation is 1. The van der Waals surface area contributed by atoms with Crippen LogP contribution in [0.25, 0.3) is 0 Å². The minimum absolute atomic E-state index is 0.110. The molecule has 0 saturated carbocycles. The van der Waals surface area contributed by atoms with Crippen LogP contribution in [0.4, 0.5) is 0 Å². The van der Waals surface area contributed by atoms with Crippen molar-refractivity contribution in [1.29, 1.82) is 0 Å². The lowest BCUT2D eigenvalue weighted by Crippen LogP contribution is -2.27. The molecule has 0 aliphatic heterocycles. The average Bonchev–Trinajstić information content (AvgIpc) is 2.77. The van der Waals surface area contributed by atoms with Crippen LogP contribution in [0.2, 0.25) is 0 Å². The van der Waals surface area contributed by atoms with Crippen molar-refractivity contribution in [1.82, 2.24) is 20.1 Å². The highest BCUT2D eigenvalue weighted by Gasteiger charge is 2.08. The van der Waals surface area contributed by atoms with Crippen LogP contribution in [0.1, 0.15) is 16.2 Å². The standard InChI is InChI=1S/C12H14N4O/c1-16-11(6-9-15-16)12(17)14-8-5-10-4-2-3-7-13-10/h2-4,6-7,9H,5,8H2,1H3,(H,14,17). The Labute approximate surface area is 99.5 Å². The number of pyridine rings is 1. The molecule has 2 aromatic rings. The summed E-state index contributed by atoms with van der Waals surface area (Å²) in [5, 5.41) is 6.78. The molecule has 17 heavy (non-hydrogen) atoms. The lowest BCUT2D eigenvalue weighted by atomic mass is 10.2. The Morgan fingerprint density at radius 2 is 2.24 bits per heavy atom. The first kappa shape index (κ1) is 11.3. The largest absolute Gasteiger partial charge is 0.350 e. The van der Waals surface area contributed by atoms with Gasteiger partial charge in [-0.05, 0) is 18.2 Å². The van der Waals surface area contributed by atoms with E-state index in [1.165, 1.54) is 0 Å². The van der Waals surface area contributed by atoms with Crippen molar-refractivity contribution in [2.75, 3.05) is 6.54 Å². The van der Waals surface area contributed by atoms with E-state index < -0.39 is 0 Å². The van der Waals surface area contributed by atoms with E-state index in [9.17, 15) is 4.79 Å². The summed E-state index contributed by atoms with van der Waals surface area (Å²) < 4.78 is 1.55. The SMILES string of the molecule is Cn1nccc1C(=O)NCCc1ccccn1. The smallest absolute Gasteiger partial charge is 0.269 e. The first-order valence-electron chi connectivity index (χ1n) is 5.43. The minimum atomic E-state index is -0.110. The number of hydrogen-bond acceptors (Lipinski definition) is 3. The van der Waals surface area contributed by atoms with Crippen molar-refractivity contribution in [2.45, 2.75) is 6.42 Å². The van der Waals surface area contributed by atoms with Gasteiger partial charge < -0.3 is 5.32 Å². The minimum Gasteiger partial charge on any atom is -0.350 e. The zero-order valence-electron chi connectivity index (χ0n) is 9.63. The van der Waals surface area contributed by atoms with E-state index in [-0.39, 0.29) is 5.91 Å². The maximum atomic E-state index is 11.7. The number of nitrogens with one attached hydrogen (secondary N) is 1. The van der Waals surface area contributed by atoms with Crippen LogP contribution in [0.15, 0.2) is 36.7 Å². The van der Waals surface area contributed by atoms with Crippen LogP contribution in [-0.4, -0.2) is 27.2 Å². The lowest BCUT2D eigenvalue weighted by Gasteiger charge is -2.04. The van der Waals surface area contributed by atoms with Gasteiger partial charge in [0.1, 0.15) is 5.69 Å². The second-order valence-corrected chi connectivity index (χ2v) is 3.67. The summed E-state index contributed by atoms with van der Waals surface area (Å²) in [6.45, 7) is 0.570. The molecule has 0 atom stereocenters. The molecule has 5 heteroatoms. The van der Waals surface area contributed by atoms with E-state index >= 15 is 0 Å². The first-order chi connectivity index (χ1) is 8.27. The number of amides is 1. The Hall–Kier alpha value is -2.17. The number of rotatable bonds is 4. The molecule has 0 radical (unpaired) electrons. The van der Waals surface area contributed by atoms with Gasteiger partial charge in [0.25, 0.3) is 5.91 Å². The molecule has 2 heterocycles. The highest BCUT2D eigenvalue weighted by Crippen LogP contribution is 1.97. The molecule has 1 amide bonds. The molecule has 0 aliphatic rings. The topological polar surface area (TPSA) is 59.8 Å². The zero-order chi connectivity index (χ0) is 12.1. The van der Waals surface area contributed by atoms with Crippen LogP contribution in [0.3, 0.4) is 0 Å². The summed E-state index contributed by atoms with van der Waals surface area (Å²) >= 11 is 0. The van der Waals surface area contributed by atoms with Gasteiger partial charge in [-0.15, -0.1) is 0 Å². The Morgan fingerprint density at radius 1 is 1.35 bits per heavy atom. The fourth-order valence-corrected chi connectivity index (χ4v) is 1.54. The number of carbonyl (C=O) groups excluding carboxylic acids is 1. The lowest BCUT2D eigenvalue weighted by molar-refractivity contribution is 0.0944. The van der Waals surface area contributed by atoms with E-state index in [1.54, 1.807) is 30.2 Å². The molecule has 88 valence electrons. The molecular weight excluding hydrogens is 216 g/mol. The third kappa shape index (κ3) is 2.90. The fourth-order valence-electron chi connectivity index (χ4n) is 1.54. The average molecular weight is 230 g/mol. The van der Waals surface area contributed by atoms with Crippen molar-refractivity contribution in [3.05, 3.63) is 48.0 Å². The number of nitrogens with zero attached hydrogens (tertiary/aromatic N) is 3. The Balaban J connectivity index is 1.84. The highest BCUT2D eigenvalue weighted by atomic mass is 16.2. The maximum Gasteiger partial charge on any atom is 0.269 e. The fraction of sp³-hybridized carbons (Fsp3) is 0.250. The molecule has 0 fully saturated rings. The van der Waals surface area contributed by atoms with Gasteiger partial charge in [0.15, 0.2) is 0 Å². The van der Waals surface area contributed by atoms with Gasteiger partial charge in [0, 0.05) is 38.1 Å². The Bertz CT molecular complexity index is 492. The summed E-state index contributed by atoms with van der Waals surface area (Å²) in [6.07, 6.45) is 4.08. The van der Waals surface area contributed by atoms with Gasteiger partial charge in [-0.1, -0.05) is 6.07 Å². The van der Waals surface area contributed by atoms with Crippen LogP contribution < -0.4 is 5.32 Å². The molecular formula is C12H14N4O. The van der Waals surface area contributed by atoms with Crippen LogP contribution >= 0.6 is 0 Å². The predicted octanol–water partition coefficient (Wildman–Crippen LogP) is 0.788. The normalized spacial score (nSPS) is 10.2. The highest BCUT2D eigenvalue weighted by molar-refractivity contribution is 5.92. The summed E-state index contributed by atoms with van der Waals surface area (Å²) in [4.78, 5) is 15.9. The predicted molar refractivity (Wildman–Crippen MR) is 63.5 cm³/mol. The second kappa shape index (κ2) is 5.25. The van der Waals surface area contributed by atoms with Gasteiger partial charge in [0.05, 0.1) is 0 Å². The van der Waals surface area contributed by atoms with Gasteiger partial charge in [-0.25, -0.2) is 0 Å². The summed E-state index contributed by atoms with van der Waals surface area (Å²) in [5.74, 6) is -0.110. The number of carbonyl (C=O) groups is 1. The van der Waals surface area contributed by atoms with E-state index in [4.69, 9.17) is 0 Å². The van der Waals surface area contributed by atoms with Crippen molar-refractivity contribution in [2.24, 2.45) is 7.05 Å². The number of hydrogen-bond donors (Lipinski definition) is 1. The zero-order valence-corrected chi connectivity index (χ0v) is 9.63. The molecule has 0 aromatic carbocycles. The molecule has 0 unspecified atom stereocenters. The van der Waals surface area contributed by atoms with E-state index in [0.717, 1.165) is 12.1 Å². The molecule has 0 bridgehead atoms. The summed E-state index contributed by atoms with van der Waals surface area (Å²) in [7, 11) is 1.74. The number of aromatic nitrogens is 3. The summed E-state index contributed by atoms with van der Waals surface area (Å²) in [5.41, 5.74) is 1.53. The second-order valence-electron chi connectivity index (χ2n) is 3.67. The third-order valence-corrected chi connectivity index (χ3v) is 2.45. The molecule has 1 N–H and O–H groups in total. The van der Waals surface area contributed by atoms with Gasteiger partial charge in [-0.2, -0.15) is 5.10 Å². The molecule has 2 rings (SSSR count). The van der Waals surface area contributed by atoms with Gasteiger partial charge in [0.2, 0.25) is 0 Å². The third-order valence-electron chi connectivity index (χ3n) is 2.45. The van der Waals surface area contributed by atoms with Crippen LogP contribution in [0.5, 0.6) is 0 Å². The van der Waals surface area contributed by atoms with Crippen molar-refractivity contribution >= 4 is 5.91 Å². The van der Waals surface area contributed by atoms with Gasteiger partial charge >= 0.3 is 0 Å². The first-order valence-corrected chi connectivity index (χ1v) is 5.43. The molecule has 0 aliphatic carbocycles. The van der Waals surface area contributed by atoms with E-state index in [1.807, 2.05) is 18.2 Å². The monoisotopic (exact) mass is 230 g/mol. The summed E-state index contributed by atoms with van der Waals surface area (Å²) in [6, 6.07) is 7.44. The molecule has 0 spiro atoms. The van der Waals surface area contributed by atoms with Crippen molar-refractivity contribution in [3.63, 3.8) is 0 Å². The van der Waals surface area contributed by atoms with Crippen molar-refractivity contribution in [3.8, 4) is 0 Å².